The second-order valence-corrected chi connectivity index (χ2v) is 7.32. The molecule has 2 aromatic rings. The van der Waals surface area contributed by atoms with Crippen molar-refractivity contribution in [3.05, 3.63) is 56.9 Å². The Morgan fingerprint density at radius 1 is 1.28 bits per heavy atom. The fourth-order valence-electron chi connectivity index (χ4n) is 2.82. The van der Waals surface area contributed by atoms with Gasteiger partial charge in [0.05, 0.1) is 10.6 Å². The number of rotatable bonds is 4. The van der Waals surface area contributed by atoms with Crippen molar-refractivity contribution in [1.82, 2.24) is 9.88 Å². The molecule has 0 bridgehead atoms. The van der Waals surface area contributed by atoms with Gasteiger partial charge in [-0.2, -0.15) is 0 Å². The summed E-state index contributed by atoms with van der Waals surface area (Å²) >= 11 is 9.57. The Morgan fingerprint density at radius 2 is 2.04 bits per heavy atom. The van der Waals surface area contributed by atoms with Gasteiger partial charge in [-0.3, -0.25) is 4.79 Å². The molecule has 1 aromatic heterocycles. The van der Waals surface area contributed by atoms with Crippen molar-refractivity contribution in [2.45, 2.75) is 25.8 Å². The molecule has 1 amide bonds. The van der Waals surface area contributed by atoms with Gasteiger partial charge in [-0.15, -0.1) is 0 Å². The third-order valence-electron chi connectivity index (χ3n) is 4.19. The third-order valence-corrected chi connectivity index (χ3v) is 4.97. The lowest BCUT2D eigenvalue weighted by Gasteiger charge is -2.26. The van der Waals surface area contributed by atoms with E-state index < -0.39 is 0 Å². The maximum Gasteiger partial charge on any atom is 0.255 e. The summed E-state index contributed by atoms with van der Waals surface area (Å²) in [7, 11) is 0. The molecule has 0 spiro atoms. The summed E-state index contributed by atoms with van der Waals surface area (Å²) < 4.78 is 14.6. The Kier molecular flexibility index (Phi) is 5.91. The summed E-state index contributed by atoms with van der Waals surface area (Å²) in [5.74, 6) is 0.0821. The molecule has 132 valence electrons. The molecule has 1 saturated heterocycles. The largest absolute Gasteiger partial charge is 0.365 e. The Labute approximate surface area is 159 Å². The molecular weight excluding hydrogens is 409 g/mol. The summed E-state index contributed by atoms with van der Waals surface area (Å²) in [6, 6.07) is 6.36. The van der Waals surface area contributed by atoms with Crippen molar-refractivity contribution in [3.8, 4) is 0 Å². The topological polar surface area (TPSA) is 45.2 Å². The predicted octanol–water partition coefficient (Wildman–Crippen LogP) is 4.87. The molecule has 7 heteroatoms. The smallest absolute Gasteiger partial charge is 0.255 e. The molecule has 0 aliphatic carbocycles. The molecule has 4 nitrogen and oxygen atoms in total. The van der Waals surface area contributed by atoms with Gasteiger partial charge in [0.15, 0.2) is 0 Å². The highest BCUT2D eigenvalue weighted by atomic mass is 79.9. The van der Waals surface area contributed by atoms with Gasteiger partial charge < -0.3 is 10.2 Å². The fourth-order valence-corrected chi connectivity index (χ4v) is 3.46. The SMILES string of the molecule is O=C(c1cnc(NCc2cc(Br)ccc2F)c(Cl)c1)N1CCCCC1. The number of hydrogen-bond acceptors (Lipinski definition) is 3. The number of carbonyl (C=O) groups excluding carboxylic acids is 1. The number of likely N-dealkylation sites (tertiary alicyclic amines) is 1. The first-order valence-corrected chi connectivity index (χ1v) is 9.34. The van der Waals surface area contributed by atoms with Gasteiger partial charge in [0, 0.05) is 35.9 Å². The first kappa shape index (κ1) is 18.1. The molecule has 1 fully saturated rings. The van der Waals surface area contributed by atoms with Crippen LogP contribution < -0.4 is 5.32 Å². The summed E-state index contributed by atoms with van der Waals surface area (Å²) in [4.78, 5) is 18.5. The standard InChI is InChI=1S/C18H18BrClFN3O/c19-14-4-5-16(21)12(8-14)10-22-17-15(20)9-13(11-23-17)18(25)24-6-2-1-3-7-24/h4-5,8-9,11H,1-3,6-7,10H2,(H,22,23). The number of nitrogens with zero attached hydrogens (tertiary/aromatic N) is 2. The van der Waals surface area contributed by atoms with Crippen molar-refractivity contribution >= 4 is 39.3 Å². The first-order valence-electron chi connectivity index (χ1n) is 8.17. The van der Waals surface area contributed by atoms with Crippen LogP contribution in [0.2, 0.25) is 5.02 Å². The zero-order valence-electron chi connectivity index (χ0n) is 13.6. The van der Waals surface area contributed by atoms with E-state index in [1.54, 1.807) is 18.2 Å². The molecule has 1 N–H and O–H groups in total. The number of nitrogens with one attached hydrogen (secondary N) is 1. The molecule has 1 aliphatic heterocycles. The Balaban J connectivity index is 1.69. The fraction of sp³-hybridized carbons (Fsp3) is 0.333. The van der Waals surface area contributed by atoms with Crippen molar-refractivity contribution in [2.75, 3.05) is 18.4 Å². The van der Waals surface area contributed by atoms with E-state index >= 15 is 0 Å². The van der Waals surface area contributed by atoms with Crippen LogP contribution in [-0.4, -0.2) is 28.9 Å². The van der Waals surface area contributed by atoms with Crippen LogP contribution in [0, 0.1) is 5.82 Å². The van der Waals surface area contributed by atoms with Crippen LogP contribution in [0.15, 0.2) is 34.9 Å². The monoisotopic (exact) mass is 425 g/mol. The van der Waals surface area contributed by atoms with Crippen molar-refractivity contribution < 1.29 is 9.18 Å². The molecule has 0 saturated carbocycles. The van der Waals surface area contributed by atoms with Crippen molar-refractivity contribution in [2.24, 2.45) is 0 Å². The lowest BCUT2D eigenvalue weighted by Crippen LogP contribution is -2.35. The van der Waals surface area contributed by atoms with Gasteiger partial charge >= 0.3 is 0 Å². The third kappa shape index (κ3) is 4.50. The van der Waals surface area contributed by atoms with Gasteiger partial charge in [-0.05, 0) is 43.5 Å². The van der Waals surface area contributed by atoms with Crippen LogP contribution in [0.5, 0.6) is 0 Å². The number of piperidine rings is 1. The minimum atomic E-state index is -0.302. The van der Waals surface area contributed by atoms with E-state index in [-0.39, 0.29) is 18.3 Å². The first-order chi connectivity index (χ1) is 12.0. The number of aromatic nitrogens is 1. The van der Waals surface area contributed by atoms with Gasteiger partial charge in [-0.25, -0.2) is 9.37 Å². The lowest BCUT2D eigenvalue weighted by molar-refractivity contribution is 0.0724. The van der Waals surface area contributed by atoms with Crippen LogP contribution in [0.4, 0.5) is 10.2 Å². The highest BCUT2D eigenvalue weighted by Gasteiger charge is 2.19. The van der Waals surface area contributed by atoms with E-state index in [1.807, 2.05) is 4.90 Å². The predicted molar refractivity (Wildman–Crippen MR) is 100 cm³/mol. The van der Waals surface area contributed by atoms with E-state index in [2.05, 4.69) is 26.2 Å². The van der Waals surface area contributed by atoms with E-state index in [9.17, 15) is 9.18 Å². The zero-order valence-corrected chi connectivity index (χ0v) is 15.9. The summed E-state index contributed by atoms with van der Waals surface area (Å²) in [5, 5.41) is 3.36. The molecule has 2 heterocycles. The van der Waals surface area contributed by atoms with Gasteiger partial charge in [0.25, 0.3) is 5.91 Å². The molecule has 25 heavy (non-hydrogen) atoms. The normalized spacial score (nSPS) is 14.4. The van der Waals surface area contributed by atoms with E-state index in [4.69, 9.17) is 11.6 Å². The number of carbonyl (C=O) groups is 1. The number of anilines is 1. The Hall–Kier alpha value is -1.66. The highest BCUT2D eigenvalue weighted by Crippen LogP contribution is 2.23. The summed E-state index contributed by atoms with van der Waals surface area (Å²) in [5.41, 5.74) is 0.979. The number of halogens is 3. The molecule has 0 atom stereocenters. The van der Waals surface area contributed by atoms with Crippen LogP contribution in [0.25, 0.3) is 0 Å². The minimum absolute atomic E-state index is 0.0429. The zero-order chi connectivity index (χ0) is 17.8. The number of pyridine rings is 1. The summed E-state index contributed by atoms with van der Waals surface area (Å²) in [6.07, 6.45) is 4.75. The van der Waals surface area contributed by atoms with E-state index in [0.717, 1.165) is 36.8 Å². The van der Waals surface area contributed by atoms with Crippen LogP contribution in [-0.2, 0) is 6.54 Å². The molecular formula is C18H18BrClFN3O. The Morgan fingerprint density at radius 3 is 2.76 bits per heavy atom. The molecule has 3 rings (SSSR count). The van der Waals surface area contributed by atoms with E-state index in [1.165, 1.54) is 12.3 Å². The number of hydrogen-bond donors (Lipinski definition) is 1. The minimum Gasteiger partial charge on any atom is -0.365 e. The second kappa shape index (κ2) is 8.15. The Bertz CT molecular complexity index is 781. The average Bonchev–Trinajstić information content (AvgIpc) is 2.63. The number of benzene rings is 1. The maximum absolute atomic E-state index is 13.8. The van der Waals surface area contributed by atoms with Crippen LogP contribution >= 0.6 is 27.5 Å². The van der Waals surface area contributed by atoms with Gasteiger partial charge in [0.2, 0.25) is 0 Å². The van der Waals surface area contributed by atoms with Crippen LogP contribution in [0.1, 0.15) is 35.2 Å². The highest BCUT2D eigenvalue weighted by molar-refractivity contribution is 9.10. The second-order valence-electron chi connectivity index (χ2n) is 6.00. The van der Waals surface area contributed by atoms with Gasteiger partial charge in [-0.1, -0.05) is 27.5 Å². The molecule has 1 aliphatic rings. The quantitative estimate of drug-likeness (QED) is 0.758. The van der Waals surface area contributed by atoms with Crippen molar-refractivity contribution in [3.63, 3.8) is 0 Å². The van der Waals surface area contributed by atoms with E-state index in [0.29, 0.717) is 22.0 Å². The lowest BCUT2D eigenvalue weighted by atomic mass is 10.1. The van der Waals surface area contributed by atoms with Gasteiger partial charge in [0.1, 0.15) is 11.6 Å². The average molecular weight is 427 g/mol. The van der Waals surface area contributed by atoms with Crippen molar-refractivity contribution in [1.29, 1.82) is 0 Å². The maximum atomic E-state index is 13.8. The number of amides is 1. The molecule has 0 radical (unpaired) electrons. The molecule has 1 aromatic carbocycles. The summed E-state index contributed by atoms with van der Waals surface area (Å²) in [6.45, 7) is 1.80. The molecule has 0 unspecified atom stereocenters. The van der Waals surface area contributed by atoms with Crippen LogP contribution in [0.3, 0.4) is 0 Å².